The molecule has 0 aliphatic heterocycles. The van der Waals surface area contributed by atoms with Crippen molar-refractivity contribution < 1.29 is 0 Å². The van der Waals surface area contributed by atoms with Crippen LogP contribution in [0.2, 0.25) is 0 Å². The minimum atomic E-state index is 0.880. The van der Waals surface area contributed by atoms with E-state index in [1.165, 1.54) is 0 Å². The van der Waals surface area contributed by atoms with E-state index in [1.807, 2.05) is 55.0 Å². The zero-order chi connectivity index (χ0) is 36.6. The summed E-state index contributed by atoms with van der Waals surface area (Å²) in [5.74, 6) is 0. The van der Waals surface area contributed by atoms with Gasteiger partial charge in [-0.05, 0) is 107 Å². The second-order valence-corrected chi connectivity index (χ2v) is 13.6. The van der Waals surface area contributed by atoms with Gasteiger partial charge < -0.3 is 4.90 Å². The summed E-state index contributed by atoms with van der Waals surface area (Å²) >= 11 is 0. The molecule has 5 heteroatoms. The molecule has 10 rings (SSSR count). The lowest BCUT2D eigenvalue weighted by Crippen LogP contribution is -2.09. The van der Waals surface area contributed by atoms with Crippen molar-refractivity contribution in [3.8, 4) is 44.8 Å². The highest BCUT2D eigenvalue weighted by atomic mass is 15.1. The number of anilines is 3. The van der Waals surface area contributed by atoms with Crippen molar-refractivity contribution in [2.24, 2.45) is 0 Å². The molecule has 0 spiro atoms. The fourth-order valence-corrected chi connectivity index (χ4v) is 7.37. The molecule has 0 saturated heterocycles. The average molecular weight is 704 g/mol. The van der Waals surface area contributed by atoms with Crippen LogP contribution in [0.15, 0.2) is 201 Å². The van der Waals surface area contributed by atoms with E-state index in [1.54, 1.807) is 0 Å². The summed E-state index contributed by atoms with van der Waals surface area (Å²) < 4.78 is 0. The zero-order valence-electron chi connectivity index (χ0n) is 29.8. The number of benzene rings is 6. The van der Waals surface area contributed by atoms with Gasteiger partial charge in [0.1, 0.15) is 0 Å². The maximum Gasteiger partial charge on any atom is 0.0972 e. The predicted molar refractivity (Wildman–Crippen MR) is 227 cm³/mol. The van der Waals surface area contributed by atoms with Crippen LogP contribution in [0.3, 0.4) is 0 Å². The van der Waals surface area contributed by atoms with Gasteiger partial charge in [0.2, 0.25) is 0 Å². The van der Waals surface area contributed by atoms with Crippen molar-refractivity contribution in [2.75, 3.05) is 4.90 Å². The van der Waals surface area contributed by atoms with Gasteiger partial charge in [0, 0.05) is 62.9 Å². The zero-order valence-corrected chi connectivity index (χ0v) is 29.8. The molecule has 0 atom stereocenters. The SMILES string of the molecule is c1ccc(-c2nc(-c3ccc(N(c4ccc(-c5ccc6ncccc6c5)cc4)c4ccc(-c5ccc6ncccc6c5)cc4)cc3)cc3cccnc23)cc1. The Labute approximate surface area is 318 Å². The van der Waals surface area contributed by atoms with Gasteiger partial charge >= 0.3 is 0 Å². The Hall–Kier alpha value is -7.50. The van der Waals surface area contributed by atoms with Crippen LogP contribution in [0.5, 0.6) is 0 Å². The second-order valence-electron chi connectivity index (χ2n) is 13.6. The molecule has 0 aliphatic rings. The minimum absolute atomic E-state index is 0.880. The first kappa shape index (κ1) is 32.2. The predicted octanol–water partition coefficient (Wildman–Crippen LogP) is 12.9. The van der Waals surface area contributed by atoms with Crippen molar-refractivity contribution >= 4 is 49.8 Å². The summed E-state index contributed by atoms with van der Waals surface area (Å²) in [4.78, 5) is 21.2. The first-order valence-corrected chi connectivity index (χ1v) is 18.4. The van der Waals surface area contributed by atoms with Gasteiger partial charge in [0.15, 0.2) is 0 Å². The molecule has 55 heavy (non-hydrogen) atoms. The van der Waals surface area contributed by atoms with Crippen LogP contribution in [0.4, 0.5) is 17.1 Å². The smallest absolute Gasteiger partial charge is 0.0972 e. The van der Waals surface area contributed by atoms with Crippen LogP contribution in [0.1, 0.15) is 0 Å². The molecule has 0 amide bonds. The quantitative estimate of drug-likeness (QED) is 0.165. The van der Waals surface area contributed by atoms with E-state index < -0.39 is 0 Å². The fraction of sp³-hybridized carbons (Fsp3) is 0. The monoisotopic (exact) mass is 703 g/mol. The Kier molecular flexibility index (Phi) is 8.08. The summed E-state index contributed by atoms with van der Waals surface area (Å²) in [7, 11) is 0. The van der Waals surface area contributed by atoms with Crippen molar-refractivity contribution in [2.45, 2.75) is 0 Å². The van der Waals surface area contributed by atoms with E-state index in [4.69, 9.17) is 9.97 Å². The molecule has 0 unspecified atom stereocenters. The molecule has 0 aliphatic carbocycles. The molecule has 4 heterocycles. The molecule has 10 aromatic rings. The lowest BCUT2D eigenvalue weighted by Gasteiger charge is -2.26. The Morgan fingerprint density at radius 3 is 1.35 bits per heavy atom. The summed E-state index contributed by atoms with van der Waals surface area (Å²) in [5.41, 5.74) is 14.5. The molecule has 0 fully saturated rings. The van der Waals surface area contributed by atoms with Crippen LogP contribution < -0.4 is 4.90 Å². The van der Waals surface area contributed by atoms with Crippen molar-refractivity contribution in [3.05, 3.63) is 201 Å². The lowest BCUT2D eigenvalue weighted by atomic mass is 10.0. The molecular formula is C50H33N5. The number of rotatable bonds is 7. The van der Waals surface area contributed by atoms with Crippen molar-refractivity contribution in [3.63, 3.8) is 0 Å². The highest BCUT2D eigenvalue weighted by Gasteiger charge is 2.16. The van der Waals surface area contributed by atoms with E-state index in [-0.39, 0.29) is 0 Å². The third kappa shape index (κ3) is 6.24. The molecule has 0 radical (unpaired) electrons. The van der Waals surface area contributed by atoms with Crippen LogP contribution in [0, 0.1) is 0 Å². The molecule has 6 aromatic carbocycles. The number of hydrogen-bond acceptors (Lipinski definition) is 5. The molecule has 0 N–H and O–H groups in total. The molecular weight excluding hydrogens is 671 g/mol. The first-order valence-electron chi connectivity index (χ1n) is 18.4. The number of pyridine rings is 4. The number of fused-ring (bicyclic) bond motifs is 3. The van der Waals surface area contributed by atoms with E-state index in [0.29, 0.717) is 0 Å². The van der Waals surface area contributed by atoms with E-state index in [0.717, 1.165) is 94.5 Å². The number of hydrogen-bond donors (Lipinski definition) is 0. The van der Waals surface area contributed by atoms with E-state index in [2.05, 4.69) is 160 Å². The molecule has 4 aromatic heterocycles. The normalized spacial score (nSPS) is 11.3. The van der Waals surface area contributed by atoms with Gasteiger partial charge in [0.25, 0.3) is 0 Å². The van der Waals surface area contributed by atoms with E-state index in [9.17, 15) is 0 Å². The van der Waals surface area contributed by atoms with Gasteiger partial charge in [-0.1, -0.05) is 97.1 Å². The highest BCUT2D eigenvalue weighted by Crippen LogP contribution is 2.39. The van der Waals surface area contributed by atoms with Gasteiger partial charge in [-0.25, -0.2) is 4.98 Å². The topological polar surface area (TPSA) is 54.8 Å². The molecule has 0 saturated carbocycles. The Balaban J connectivity index is 1.03. The summed E-state index contributed by atoms with van der Waals surface area (Å²) in [6, 6.07) is 63.8. The highest BCUT2D eigenvalue weighted by molar-refractivity contribution is 5.94. The summed E-state index contributed by atoms with van der Waals surface area (Å²) in [6.07, 6.45) is 5.50. The number of aromatic nitrogens is 4. The van der Waals surface area contributed by atoms with Crippen molar-refractivity contribution in [1.82, 2.24) is 19.9 Å². The lowest BCUT2D eigenvalue weighted by molar-refractivity contribution is 1.28. The van der Waals surface area contributed by atoms with Crippen LogP contribution in [0.25, 0.3) is 77.5 Å². The van der Waals surface area contributed by atoms with Gasteiger partial charge in [0.05, 0.1) is 27.9 Å². The third-order valence-corrected chi connectivity index (χ3v) is 10.2. The maximum absolute atomic E-state index is 5.16. The Morgan fingerprint density at radius 1 is 0.327 bits per heavy atom. The average Bonchev–Trinajstić information content (AvgIpc) is 3.27. The first-order chi connectivity index (χ1) is 27.2. The Morgan fingerprint density at radius 2 is 0.800 bits per heavy atom. The minimum Gasteiger partial charge on any atom is -0.311 e. The fourth-order valence-electron chi connectivity index (χ4n) is 7.37. The second kappa shape index (κ2) is 13.8. The maximum atomic E-state index is 5.16. The van der Waals surface area contributed by atoms with Gasteiger partial charge in [-0.3, -0.25) is 15.0 Å². The largest absolute Gasteiger partial charge is 0.311 e. The molecule has 258 valence electrons. The summed E-state index contributed by atoms with van der Waals surface area (Å²) in [6.45, 7) is 0. The van der Waals surface area contributed by atoms with Crippen LogP contribution >= 0.6 is 0 Å². The standard InChI is InChI=1S/C50H33N5/c1-2-7-37(8-3-1)50-49-42(11-6-30-53-49)33-48(54-50)36-16-24-45(25-17-36)55(43-20-12-34(13-21-43)38-18-26-46-40(31-38)9-4-28-51-46)44-22-14-35(15-23-44)39-19-27-47-41(32-39)10-5-29-52-47/h1-33H. The number of nitrogens with zero attached hydrogens (tertiary/aromatic N) is 5. The van der Waals surface area contributed by atoms with E-state index >= 15 is 0 Å². The van der Waals surface area contributed by atoms with Crippen LogP contribution in [-0.4, -0.2) is 19.9 Å². The van der Waals surface area contributed by atoms with Crippen LogP contribution in [-0.2, 0) is 0 Å². The third-order valence-electron chi connectivity index (χ3n) is 10.2. The Bertz CT molecular complexity index is 2840. The molecule has 5 nitrogen and oxygen atoms in total. The van der Waals surface area contributed by atoms with Crippen molar-refractivity contribution in [1.29, 1.82) is 0 Å². The molecule has 0 bridgehead atoms. The summed E-state index contributed by atoms with van der Waals surface area (Å²) in [5, 5.41) is 3.31. The van der Waals surface area contributed by atoms with Gasteiger partial charge in [-0.15, -0.1) is 0 Å². The van der Waals surface area contributed by atoms with Gasteiger partial charge in [-0.2, -0.15) is 0 Å².